The van der Waals surface area contributed by atoms with Crippen molar-refractivity contribution in [3.8, 4) is 0 Å². The third kappa shape index (κ3) is 2.97. The van der Waals surface area contributed by atoms with E-state index in [1.54, 1.807) is 6.92 Å². The zero-order valence-electron chi connectivity index (χ0n) is 13.7. The number of aromatic nitrogens is 2. The van der Waals surface area contributed by atoms with Crippen molar-refractivity contribution < 1.29 is 16.1 Å². The van der Waals surface area contributed by atoms with Crippen LogP contribution < -0.4 is 10.4 Å². The standard InChI is InChI=1S/C11H14N3O.ClH/c1-9(14-8-11(12)15-13-14)7-10-5-3-2-4-6-10;/h2-6,8-9H,7,12H2,1H3;1H/q+1;/i2D,3D,4D,5D,6D;. The molecule has 2 N–H and O–H groups in total. The summed E-state index contributed by atoms with van der Waals surface area (Å²) in [6, 6.07) is -1.70. The summed E-state index contributed by atoms with van der Waals surface area (Å²) in [4.78, 5) is 0. The van der Waals surface area contributed by atoms with E-state index in [4.69, 9.17) is 17.1 Å². The number of nitrogens with two attached hydrogens (primary N) is 1. The number of nitrogens with zero attached hydrogens (tertiary/aromatic N) is 2. The smallest absolute Gasteiger partial charge is 0.293 e. The van der Waals surface area contributed by atoms with Crippen molar-refractivity contribution in [1.29, 1.82) is 0 Å². The van der Waals surface area contributed by atoms with Crippen LogP contribution in [0, 0.1) is 0 Å². The molecule has 5 heteroatoms. The normalized spacial score (nSPS) is 16.2. The van der Waals surface area contributed by atoms with Crippen LogP contribution in [-0.2, 0) is 6.42 Å². The Bertz CT molecular complexity index is 635. The molecule has 1 aromatic heterocycles. The summed E-state index contributed by atoms with van der Waals surface area (Å²) in [7, 11) is 0. The van der Waals surface area contributed by atoms with Gasteiger partial charge in [-0.15, -0.1) is 12.4 Å². The first-order chi connectivity index (χ1) is 9.32. The van der Waals surface area contributed by atoms with E-state index in [0.29, 0.717) is 0 Å². The molecule has 0 amide bonds. The van der Waals surface area contributed by atoms with Gasteiger partial charge in [0.2, 0.25) is 5.27 Å². The minimum Gasteiger partial charge on any atom is -0.362 e. The van der Waals surface area contributed by atoms with Crippen molar-refractivity contribution in [3.05, 3.63) is 42.0 Å². The van der Waals surface area contributed by atoms with Gasteiger partial charge in [0.15, 0.2) is 6.04 Å². The highest BCUT2D eigenvalue weighted by Gasteiger charge is 2.18. The van der Waals surface area contributed by atoms with E-state index >= 15 is 0 Å². The Balaban J connectivity index is 0.00000220. The average Bonchev–Trinajstić information content (AvgIpc) is 2.85. The predicted octanol–water partition coefficient (Wildman–Crippen LogP) is 1.77. The van der Waals surface area contributed by atoms with Gasteiger partial charge >= 0.3 is 0 Å². The molecular formula is C11H15ClN3O+. The topological polar surface area (TPSA) is 55.9 Å². The molecule has 4 nitrogen and oxygen atoms in total. The second kappa shape index (κ2) is 5.51. The molecule has 0 radical (unpaired) electrons. The molecule has 0 aliphatic heterocycles. The molecule has 1 unspecified atom stereocenters. The fourth-order valence-electron chi connectivity index (χ4n) is 1.25. The Morgan fingerprint density at radius 3 is 2.75 bits per heavy atom. The van der Waals surface area contributed by atoms with Crippen LogP contribution in [0.2, 0.25) is 0 Å². The zero-order valence-corrected chi connectivity index (χ0v) is 9.47. The number of nitrogen functional groups attached to an aromatic ring is 1. The zero-order chi connectivity index (χ0) is 15.0. The molecule has 1 aromatic carbocycles. The Morgan fingerprint density at radius 1 is 1.50 bits per heavy atom. The van der Waals surface area contributed by atoms with Gasteiger partial charge in [0.1, 0.15) is 0 Å². The molecular weight excluding hydrogens is 226 g/mol. The third-order valence-electron chi connectivity index (χ3n) is 2.00. The Morgan fingerprint density at radius 2 is 2.19 bits per heavy atom. The summed E-state index contributed by atoms with van der Waals surface area (Å²) in [5.41, 5.74) is 5.68. The fraction of sp³-hybridized carbons (Fsp3) is 0.273. The lowest BCUT2D eigenvalue weighted by molar-refractivity contribution is -0.782. The third-order valence-corrected chi connectivity index (χ3v) is 2.00. The Kier molecular flexibility index (Phi) is 2.38. The van der Waals surface area contributed by atoms with E-state index in [1.165, 1.54) is 10.9 Å². The average molecular weight is 246 g/mol. The fourth-order valence-corrected chi connectivity index (χ4v) is 1.25. The minimum atomic E-state index is -0.394. The van der Waals surface area contributed by atoms with E-state index in [9.17, 15) is 0 Å². The number of hydrogen-bond donors (Lipinski definition) is 1. The highest BCUT2D eigenvalue weighted by Crippen LogP contribution is 2.08. The highest BCUT2D eigenvalue weighted by atomic mass is 35.5. The van der Waals surface area contributed by atoms with Gasteiger partial charge in [-0.3, -0.25) is 4.52 Å². The first-order valence-electron chi connectivity index (χ1n) is 7.02. The molecule has 16 heavy (non-hydrogen) atoms. The van der Waals surface area contributed by atoms with Crippen LogP contribution in [0.1, 0.15) is 25.4 Å². The maximum atomic E-state index is 7.85. The van der Waals surface area contributed by atoms with Gasteiger partial charge in [-0.25, -0.2) is 0 Å². The lowest BCUT2D eigenvalue weighted by atomic mass is 10.1. The number of hydrogen-bond acceptors (Lipinski definition) is 3. The van der Waals surface area contributed by atoms with E-state index in [1.807, 2.05) is 0 Å². The van der Waals surface area contributed by atoms with Crippen molar-refractivity contribution in [2.75, 3.05) is 5.73 Å². The maximum absolute atomic E-state index is 7.85. The SMILES string of the molecule is Cl.[2H]c1c([2H])c([2H])c(CC(C)[n+]2cc(N)on2)c([2H])c1[2H]. The second-order valence-corrected chi connectivity index (χ2v) is 3.24. The van der Waals surface area contributed by atoms with E-state index in [-0.39, 0.29) is 60.5 Å². The van der Waals surface area contributed by atoms with Gasteiger partial charge in [-0.05, 0) is 10.2 Å². The lowest BCUT2D eigenvalue weighted by Crippen LogP contribution is -2.40. The molecule has 0 spiro atoms. The molecule has 2 aromatic rings. The van der Waals surface area contributed by atoms with Crippen LogP contribution >= 0.6 is 12.4 Å². The van der Waals surface area contributed by atoms with Crippen LogP contribution in [-0.4, -0.2) is 5.27 Å². The first kappa shape index (κ1) is 6.91. The lowest BCUT2D eigenvalue weighted by Gasteiger charge is -2.01. The van der Waals surface area contributed by atoms with E-state index in [0.717, 1.165) is 0 Å². The number of anilines is 1. The predicted molar refractivity (Wildman–Crippen MR) is 63.2 cm³/mol. The Hall–Kier alpha value is -1.55. The number of rotatable bonds is 3. The van der Waals surface area contributed by atoms with Crippen LogP contribution in [0.25, 0.3) is 0 Å². The molecule has 0 saturated carbocycles. The molecule has 2 rings (SSSR count). The van der Waals surface area contributed by atoms with Crippen molar-refractivity contribution >= 4 is 18.3 Å². The molecule has 0 bridgehead atoms. The van der Waals surface area contributed by atoms with Crippen LogP contribution in [0.4, 0.5) is 5.88 Å². The van der Waals surface area contributed by atoms with Crippen molar-refractivity contribution in [3.63, 3.8) is 0 Å². The highest BCUT2D eigenvalue weighted by molar-refractivity contribution is 5.85. The Labute approximate surface area is 107 Å². The first-order valence-corrected chi connectivity index (χ1v) is 4.52. The molecule has 1 heterocycles. The van der Waals surface area contributed by atoms with Crippen LogP contribution in [0.5, 0.6) is 0 Å². The summed E-state index contributed by atoms with van der Waals surface area (Å²) in [6.45, 7) is 1.79. The summed E-state index contributed by atoms with van der Waals surface area (Å²) in [5.74, 6) is 0.151. The van der Waals surface area contributed by atoms with E-state index < -0.39 is 6.04 Å². The van der Waals surface area contributed by atoms with Crippen LogP contribution in [0.15, 0.2) is 40.9 Å². The van der Waals surface area contributed by atoms with Gasteiger partial charge in [0.25, 0.3) is 12.1 Å². The van der Waals surface area contributed by atoms with Gasteiger partial charge in [0, 0.05) is 13.3 Å². The molecule has 0 fully saturated rings. The molecule has 0 aliphatic rings. The molecule has 0 saturated heterocycles. The molecule has 86 valence electrons. The van der Waals surface area contributed by atoms with Crippen molar-refractivity contribution in [2.45, 2.75) is 19.4 Å². The summed E-state index contributed by atoms with van der Waals surface area (Å²) in [5, 5.41) is 3.70. The molecule has 0 aliphatic carbocycles. The minimum absolute atomic E-state index is 0. The number of halogens is 1. The second-order valence-electron chi connectivity index (χ2n) is 3.24. The van der Waals surface area contributed by atoms with Crippen LogP contribution in [0.3, 0.4) is 0 Å². The quantitative estimate of drug-likeness (QED) is 0.839. The van der Waals surface area contributed by atoms with Gasteiger partial charge < -0.3 is 5.73 Å². The van der Waals surface area contributed by atoms with E-state index in [2.05, 4.69) is 5.27 Å². The summed E-state index contributed by atoms with van der Waals surface area (Å²) in [6.07, 6.45) is 1.71. The summed E-state index contributed by atoms with van der Waals surface area (Å²) >= 11 is 0. The van der Waals surface area contributed by atoms with Crippen molar-refractivity contribution in [1.82, 2.24) is 5.27 Å². The summed E-state index contributed by atoms with van der Waals surface area (Å²) < 4.78 is 44.7. The van der Waals surface area contributed by atoms with Crippen molar-refractivity contribution in [2.24, 2.45) is 0 Å². The van der Waals surface area contributed by atoms with Gasteiger partial charge in [-0.2, -0.15) is 0 Å². The maximum Gasteiger partial charge on any atom is 0.293 e. The number of benzene rings is 1. The van der Waals surface area contributed by atoms with Gasteiger partial charge in [-0.1, -0.05) is 30.2 Å². The van der Waals surface area contributed by atoms with Gasteiger partial charge in [0.05, 0.1) is 6.85 Å². The monoisotopic (exact) mass is 245 g/mol. The largest absolute Gasteiger partial charge is 0.362 e. The molecule has 1 atom stereocenters.